The van der Waals surface area contributed by atoms with Crippen molar-refractivity contribution in [3.8, 4) is 0 Å². The van der Waals surface area contributed by atoms with Crippen LogP contribution in [0.15, 0.2) is 41.8 Å². The number of thiophene rings is 1. The van der Waals surface area contributed by atoms with E-state index >= 15 is 0 Å². The van der Waals surface area contributed by atoms with E-state index in [4.69, 9.17) is 0 Å². The number of amides is 3. The summed E-state index contributed by atoms with van der Waals surface area (Å²) in [5, 5.41) is 8.11. The maximum Gasteiger partial charge on any atom is 0.324 e. The first-order valence-electron chi connectivity index (χ1n) is 8.57. The number of carbonyl (C=O) groups excluding carboxylic acids is 2. The highest BCUT2D eigenvalue weighted by atomic mass is 32.1. The van der Waals surface area contributed by atoms with Crippen LogP contribution in [0, 0.1) is 0 Å². The number of nitrogens with one attached hydrogen (secondary N) is 2. The van der Waals surface area contributed by atoms with Gasteiger partial charge in [-0.15, -0.1) is 11.3 Å². The number of hydrogen-bond acceptors (Lipinski definition) is 4. The lowest BCUT2D eigenvalue weighted by molar-refractivity contribution is -0.129. The topological polar surface area (TPSA) is 61.4 Å². The first-order chi connectivity index (χ1) is 12.1. The smallest absolute Gasteiger partial charge is 0.324 e. The Kier molecular flexibility index (Phi) is 5.50. The molecule has 0 radical (unpaired) electrons. The van der Waals surface area contributed by atoms with Gasteiger partial charge >= 0.3 is 6.03 Å². The van der Waals surface area contributed by atoms with Crippen LogP contribution in [0.5, 0.6) is 0 Å². The predicted octanol–water partition coefficient (Wildman–Crippen LogP) is 2.93. The largest absolute Gasteiger partial charge is 0.336 e. The van der Waals surface area contributed by atoms with E-state index in [1.165, 1.54) is 10.5 Å². The fourth-order valence-electron chi connectivity index (χ4n) is 2.98. The van der Waals surface area contributed by atoms with E-state index in [0.717, 1.165) is 16.9 Å². The van der Waals surface area contributed by atoms with Gasteiger partial charge in [0.05, 0.1) is 12.1 Å². The van der Waals surface area contributed by atoms with Crippen LogP contribution >= 0.6 is 11.3 Å². The molecule has 0 spiro atoms. The van der Waals surface area contributed by atoms with E-state index in [1.807, 2.05) is 18.4 Å². The molecule has 5 nitrogen and oxygen atoms in total. The Morgan fingerprint density at radius 2 is 2.08 bits per heavy atom. The van der Waals surface area contributed by atoms with Crippen molar-refractivity contribution >= 4 is 23.3 Å². The Morgan fingerprint density at radius 3 is 2.64 bits per heavy atom. The second-order valence-corrected chi connectivity index (χ2v) is 7.13. The molecule has 3 rings (SSSR count). The summed E-state index contributed by atoms with van der Waals surface area (Å²) in [5.41, 5.74) is 2.40. The second kappa shape index (κ2) is 7.80. The van der Waals surface area contributed by atoms with Crippen molar-refractivity contribution in [3.05, 3.63) is 57.8 Å². The summed E-state index contributed by atoms with van der Waals surface area (Å²) >= 11 is 1.66. The number of urea groups is 1. The van der Waals surface area contributed by atoms with Crippen molar-refractivity contribution in [3.63, 3.8) is 0 Å². The van der Waals surface area contributed by atoms with Gasteiger partial charge in [-0.05, 0) is 35.9 Å². The van der Waals surface area contributed by atoms with E-state index in [-0.39, 0.29) is 18.0 Å². The quantitative estimate of drug-likeness (QED) is 0.836. The molecule has 1 fully saturated rings. The Morgan fingerprint density at radius 1 is 1.32 bits per heavy atom. The van der Waals surface area contributed by atoms with Crippen LogP contribution in [-0.2, 0) is 11.2 Å². The molecule has 1 aliphatic rings. The predicted molar refractivity (Wildman–Crippen MR) is 99.7 cm³/mol. The van der Waals surface area contributed by atoms with Crippen molar-refractivity contribution in [1.29, 1.82) is 0 Å². The summed E-state index contributed by atoms with van der Waals surface area (Å²) < 4.78 is 0. The molecule has 6 heteroatoms. The minimum Gasteiger partial charge on any atom is -0.336 e. The summed E-state index contributed by atoms with van der Waals surface area (Å²) in [6, 6.07) is 11.7. The van der Waals surface area contributed by atoms with Gasteiger partial charge in [0.25, 0.3) is 0 Å². The molecule has 0 unspecified atom stereocenters. The van der Waals surface area contributed by atoms with Crippen molar-refractivity contribution in [2.75, 3.05) is 13.1 Å². The van der Waals surface area contributed by atoms with Crippen LogP contribution in [0.3, 0.4) is 0 Å². The molecule has 0 bridgehead atoms. The number of nitrogens with zero attached hydrogens (tertiary/aromatic N) is 1. The summed E-state index contributed by atoms with van der Waals surface area (Å²) in [5.74, 6) is -0.193. The maximum atomic E-state index is 12.6. The number of imide groups is 1. The average Bonchev–Trinajstić information content (AvgIpc) is 3.30. The zero-order chi connectivity index (χ0) is 17.8. The number of carbonyl (C=O) groups is 2. The van der Waals surface area contributed by atoms with Crippen LogP contribution < -0.4 is 10.6 Å². The standard InChI is InChI=1S/C19H23N3O2S/c1-3-14-6-8-15(9-7-14)17(16-5-4-12-25-16)21-13(2)18(23)22-11-10-20-19(22)24/h4-9,12-13,17,21H,3,10-11H2,1-2H3,(H,20,24)/t13-,17+/m1/s1. The molecule has 2 aromatic rings. The molecule has 0 saturated carbocycles. The number of hydrogen-bond donors (Lipinski definition) is 2. The Bertz CT molecular complexity index is 728. The van der Waals surface area contributed by atoms with Crippen LogP contribution in [0.25, 0.3) is 0 Å². The molecule has 3 amide bonds. The number of benzene rings is 1. The summed E-state index contributed by atoms with van der Waals surface area (Å²) in [6.45, 7) is 4.89. The van der Waals surface area contributed by atoms with Crippen molar-refractivity contribution in [2.24, 2.45) is 0 Å². The van der Waals surface area contributed by atoms with Crippen molar-refractivity contribution < 1.29 is 9.59 Å². The highest BCUT2D eigenvalue weighted by Gasteiger charge is 2.31. The molecular weight excluding hydrogens is 334 g/mol. The van der Waals surface area contributed by atoms with Gasteiger partial charge in [-0.2, -0.15) is 0 Å². The summed E-state index contributed by atoms with van der Waals surface area (Å²) in [6.07, 6.45) is 0.996. The van der Waals surface area contributed by atoms with Crippen LogP contribution in [-0.4, -0.2) is 36.0 Å². The molecule has 2 atom stereocenters. The lowest BCUT2D eigenvalue weighted by atomic mass is 10.0. The molecule has 1 aromatic carbocycles. The summed E-state index contributed by atoms with van der Waals surface area (Å²) in [7, 11) is 0. The zero-order valence-electron chi connectivity index (χ0n) is 14.5. The molecule has 2 N–H and O–H groups in total. The average molecular weight is 357 g/mol. The first-order valence-corrected chi connectivity index (χ1v) is 9.45. The SMILES string of the molecule is CCc1ccc([C@H](N[C@H](C)C(=O)N2CCNC2=O)c2cccs2)cc1. The molecular formula is C19H23N3O2S. The van der Waals surface area contributed by atoms with Gasteiger partial charge in [0.15, 0.2) is 0 Å². The molecule has 1 saturated heterocycles. The maximum absolute atomic E-state index is 12.6. The Balaban J connectivity index is 1.80. The van der Waals surface area contributed by atoms with Gasteiger partial charge in [-0.3, -0.25) is 15.0 Å². The molecule has 1 aliphatic heterocycles. The number of aryl methyl sites for hydroxylation is 1. The van der Waals surface area contributed by atoms with Crippen molar-refractivity contribution in [2.45, 2.75) is 32.4 Å². The summed E-state index contributed by atoms with van der Waals surface area (Å²) in [4.78, 5) is 26.8. The normalized spacial score (nSPS) is 16.6. The molecule has 1 aromatic heterocycles. The van der Waals surface area contributed by atoms with Crippen LogP contribution in [0.1, 0.15) is 35.9 Å². The minimum absolute atomic E-state index is 0.0736. The van der Waals surface area contributed by atoms with Gasteiger partial charge in [-0.25, -0.2) is 4.79 Å². The molecule has 0 aliphatic carbocycles. The van der Waals surface area contributed by atoms with Gasteiger partial charge < -0.3 is 5.32 Å². The fraction of sp³-hybridized carbons (Fsp3) is 0.368. The molecule has 2 heterocycles. The number of rotatable bonds is 6. The molecule has 132 valence electrons. The van der Waals surface area contributed by atoms with Gasteiger partial charge in [0.2, 0.25) is 5.91 Å². The lowest BCUT2D eigenvalue weighted by Gasteiger charge is -2.25. The highest BCUT2D eigenvalue weighted by Crippen LogP contribution is 2.27. The lowest BCUT2D eigenvalue weighted by Crippen LogP contribution is -2.47. The third-order valence-electron chi connectivity index (χ3n) is 4.46. The Hall–Kier alpha value is -2.18. The second-order valence-electron chi connectivity index (χ2n) is 6.15. The third kappa shape index (κ3) is 3.91. The van der Waals surface area contributed by atoms with Gasteiger partial charge in [0.1, 0.15) is 0 Å². The first kappa shape index (κ1) is 17.6. The molecule has 25 heavy (non-hydrogen) atoms. The van der Waals surface area contributed by atoms with Crippen LogP contribution in [0.4, 0.5) is 4.79 Å². The fourth-order valence-corrected chi connectivity index (χ4v) is 3.79. The van der Waals surface area contributed by atoms with E-state index < -0.39 is 6.04 Å². The highest BCUT2D eigenvalue weighted by molar-refractivity contribution is 7.10. The van der Waals surface area contributed by atoms with E-state index in [9.17, 15) is 9.59 Å². The van der Waals surface area contributed by atoms with Crippen LogP contribution in [0.2, 0.25) is 0 Å². The zero-order valence-corrected chi connectivity index (χ0v) is 15.3. The minimum atomic E-state index is -0.457. The van der Waals surface area contributed by atoms with Crippen molar-refractivity contribution in [1.82, 2.24) is 15.5 Å². The van der Waals surface area contributed by atoms with E-state index in [1.54, 1.807) is 11.3 Å². The Labute approximate surface area is 152 Å². The van der Waals surface area contributed by atoms with Gasteiger partial charge in [-0.1, -0.05) is 37.3 Å². The monoisotopic (exact) mass is 357 g/mol. The third-order valence-corrected chi connectivity index (χ3v) is 5.40. The van der Waals surface area contributed by atoms with E-state index in [0.29, 0.717) is 13.1 Å². The van der Waals surface area contributed by atoms with E-state index in [2.05, 4.69) is 47.9 Å². The van der Waals surface area contributed by atoms with Gasteiger partial charge in [0, 0.05) is 18.0 Å².